The zero-order valence-corrected chi connectivity index (χ0v) is 13.9. The molecule has 0 bridgehead atoms. The Bertz CT molecular complexity index is 743. The van der Waals surface area contributed by atoms with E-state index in [4.69, 9.17) is 0 Å². The summed E-state index contributed by atoms with van der Waals surface area (Å²) in [7, 11) is 0. The molecule has 2 aromatic rings. The van der Waals surface area contributed by atoms with E-state index in [2.05, 4.69) is 43.6 Å². The molecular weight excluding hydrogens is 282 g/mol. The minimum atomic E-state index is 0.650. The Morgan fingerprint density at radius 2 is 1.87 bits per heavy atom. The van der Waals surface area contributed by atoms with E-state index >= 15 is 0 Å². The molecule has 0 heterocycles. The van der Waals surface area contributed by atoms with Crippen LogP contribution in [0.2, 0.25) is 0 Å². The average molecular weight is 305 g/mol. The molecule has 0 saturated carbocycles. The fourth-order valence-corrected chi connectivity index (χ4v) is 2.64. The lowest BCUT2D eigenvalue weighted by molar-refractivity contribution is 0.112. The van der Waals surface area contributed by atoms with E-state index in [0.29, 0.717) is 12.1 Å². The summed E-state index contributed by atoms with van der Waals surface area (Å²) in [6.45, 7) is 12.9. The summed E-state index contributed by atoms with van der Waals surface area (Å²) < 4.78 is 0. The van der Waals surface area contributed by atoms with Crippen LogP contribution in [-0.4, -0.2) is 6.29 Å². The molecule has 0 fully saturated rings. The molecule has 0 aromatic heterocycles. The average Bonchev–Trinajstić information content (AvgIpc) is 2.59. The van der Waals surface area contributed by atoms with Gasteiger partial charge in [-0.05, 0) is 30.0 Å². The van der Waals surface area contributed by atoms with Crippen molar-refractivity contribution in [2.75, 3.05) is 0 Å². The molecule has 0 aliphatic carbocycles. The molecule has 0 amide bonds. The quantitative estimate of drug-likeness (QED) is 0.740. The summed E-state index contributed by atoms with van der Waals surface area (Å²) in [5, 5.41) is 3.31. The summed E-state index contributed by atoms with van der Waals surface area (Å²) >= 11 is 0. The topological polar surface area (TPSA) is 29.1 Å². The minimum absolute atomic E-state index is 0.650. The highest BCUT2D eigenvalue weighted by Crippen LogP contribution is 2.20. The number of carbonyl (C=O) groups excluding carboxylic acids is 1. The number of aryl methyl sites for hydroxylation is 1. The van der Waals surface area contributed by atoms with Crippen molar-refractivity contribution in [2.45, 2.75) is 26.8 Å². The first-order chi connectivity index (χ1) is 11.1. The molecule has 0 atom stereocenters. The van der Waals surface area contributed by atoms with Crippen LogP contribution in [0.25, 0.3) is 11.3 Å². The molecule has 0 saturated heterocycles. The van der Waals surface area contributed by atoms with E-state index in [1.165, 1.54) is 16.7 Å². The maximum absolute atomic E-state index is 11.1. The van der Waals surface area contributed by atoms with Gasteiger partial charge in [-0.2, -0.15) is 0 Å². The molecule has 2 rings (SSSR count). The normalized spacial score (nSPS) is 10.2. The van der Waals surface area contributed by atoms with Crippen LogP contribution in [0.3, 0.4) is 0 Å². The van der Waals surface area contributed by atoms with Gasteiger partial charge in [-0.25, -0.2) is 0 Å². The third-order valence-corrected chi connectivity index (χ3v) is 3.93. The SMILES string of the molecule is C=C(NCc1ccc(C(=C)C)c(CC)c1)c1ccccc1C=O. The van der Waals surface area contributed by atoms with Gasteiger partial charge in [-0.1, -0.05) is 68.1 Å². The zero-order valence-electron chi connectivity index (χ0n) is 13.9. The Balaban J connectivity index is 2.13. The van der Waals surface area contributed by atoms with E-state index in [9.17, 15) is 4.79 Å². The Hall–Kier alpha value is -2.61. The van der Waals surface area contributed by atoms with Gasteiger partial charge in [-0.3, -0.25) is 4.79 Å². The number of hydrogen-bond donors (Lipinski definition) is 1. The number of nitrogens with one attached hydrogen (secondary N) is 1. The molecule has 0 unspecified atom stereocenters. The van der Waals surface area contributed by atoms with Crippen LogP contribution in [0, 0.1) is 0 Å². The van der Waals surface area contributed by atoms with Crippen molar-refractivity contribution in [3.8, 4) is 0 Å². The summed E-state index contributed by atoms with van der Waals surface area (Å²) in [5.41, 5.74) is 7.06. The molecule has 0 radical (unpaired) electrons. The van der Waals surface area contributed by atoms with Gasteiger partial charge in [0.2, 0.25) is 0 Å². The lowest BCUT2D eigenvalue weighted by atomic mass is 9.97. The Morgan fingerprint density at radius 1 is 1.13 bits per heavy atom. The van der Waals surface area contributed by atoms with Crippen molar-refractivity contribution >= 4 is 17.6 Å². The minimum Gasteiger partial charge on any atom is -0.381 e. The molecular formula is C21H23NO. The van der Waals surface area contributed by atoms with Crippen LogP contribution in [0.5, 0.6) is 0 Å². The van der Waals surface area contributed by atoms with Gasteiger partial charge >= 0.3 is 0 Å². The molecule has 23 heavy (non-hydrogen) atoms. The zero-order chi connectivity index (χ0) is 16.8. The fourth-order valence-electron chi connectivity index (χ4n) is 2.64. The number of hydrogen-bond acceptors (Lipinski definition) is 2. The predicted octanol–water partition coefficient (Wildman–Crippen LogP) is 4.86. The van der Waals surface area contributed by atoms with Crippen molar-refractivity contribution in [3.63, 3.8) is 0 Å². The standard InChI is InChI=1S/C21H23NO/c1-5-18-12-17(10-11-20(18)15(2)3)13-22-16(4)21-9-7-6-8-19(21)14-23/h6-12,14,22H,2,4-5,13H2,1,3H3. The van der Waals surface area contributed by atoms with Crippen LogP contribution < -0.4 is 5.32 Å². The van der Waals surface area contributed by atoms with Gasteiger partial charge in [0.15, 0.2) is 6.29 Å². The number of rotatable bonds is 7. The number of aldehydes is 1. The molecule has 2 aromatic carbocycles. The molecule has 0 spiro atoms. The molecule has 2 heteroatoms. The van der Waals surface area contributed by atoms with Gasteiger partial charge in [0.1, 0.15) is 0 Å². The maximum atomic E-state index is 11.1. The van der Waals surface area contributed by atoms with Crippen molar-refractivity contribution < 1.29 is 4.79 Å². The highest BCUT2D eigenvalue weighted by molar-refractivity contribution is 5.84. The second kappa shape index (κ2) is 7.59. The van der Waals surface area contributed by atoms with Gasteiger partial charge in [0.05, 0.1) is 0 Å². The fraction of sp³-hybridized carbons (Fsp3) is 0.190. The smallest absolute Gasteiger partial charge is 0.150 e. The van der Waals surface area contributed by atoms with E-state index in [-0.39, 0.29) is 0 Å². The van der Waals surface area contributed by atoms with Crippen molar-refractivity contribution in [2.24, 2.45) is 0 Å². The van der Waals surface area contributed by atoms with E-state index < -0.39 is 0 Å². The summed E-state index contributed by atoms with van der Waals surface area (Å²) in [6, 6.07) is 13.9. The van der Waals surface area contributed by atoms with Crippen LogP contribution in [0.1, 0.15) is 46.5 Å². The Labute approximate surface area is 138 Å². The van der Waals surface area contributed by atoms with E-state index in [0.717, 1.165) is 29.5 Å². The highest BCUT2D eigenvalue weighted by Gasteiger charge is 2.06. The third-order valence-electron chi connectivity index (χ3n) is 3.93. The number of carbonyl (C=O) groups is 1. The van der Waals surface area contributed by atoms with Gasteiger partial charge in [0.25, 0.3) is 0 Å². The Kier molecular flexibility index (Phi) is 5.53. The third kappa shape index (κ3) is 3.98. The molecule has 0 aliphatic rings. The van der Waals surface area contributed by atoms with Crippen molar-refractivity contribution in [1.82, 2.24) is 5.32 Å². The van der Waals surface area contributed by atoms with E-state index in [1.807, 2.05) is 25.1 Å². The predicted molar refractivity (Wildman–Crippen MR) is 98.2 cm³/mol. The molecule has 118 valence electrons. The van der Waals surface area contributed by atoms with Crippen molar-refractivity contribution in [1.29, 1.82) is 0 Å². The van der Waals surface area contributed by atoms with Crippen molar-refractivity contribution in [3.05, 3.63) is 83.4 Å². The lowest BCUT2D eigenvalue weighted by Gasteiger charge is -2.14. The van der Waals surface area contributed by atoms with Crippen LogP contribution >= 0.6 is 0 Å². The summed E-state index contributed by atoms with van der Waals surface area (Å²) in [5.74, 6) is 0. The van der Waals surface area contributed by atoms with Crippen LogP contribution in [0.15, 0.2) is 55.6 Å². The van der Waals surface area contributed by atoms with Gasteiger partial charge < -0.3 is 5.32 Å². The molecule has 1 N–H and O–H groups in total. The van der Waals surface area contributed by atoms with E-state index in [1.54, 1.807) is 6.07 Å². The number of benzene rings is 2. The Morgan fingerprint density at radius 3 is 2.52 bits per heavy atom. The van der Waals surface area contributed by atoms with Gasteiger partial charge in [0, 0.05) is 23.4 Å². The first kappa shape index (κ1) is 16.8. The van der Waals surface area contributed by atoms with Crippen LogP contribution in [0.4, 0.5) is 0 Å². The number of allylic oxidation sites excluding steroid dienone is 1. The highest BCUT2D eigenvalue weighted by atomic mass is 16.1. The maximum Gasteiger partial charge on any atom is 0.150 e. The summed E-state index contributed by atoms with van der Waals surface area (Å²) in [4.78, 5) is 11.1. The second-order valence-corrected chi connectivity index (χ2v) is 5.66. The lowest BCUT2D eigenvalue weighted by Crippen LogP contribution is -2.12. The summed E-state index contributed by atoms with van der Waals surface area (Å²) in [6.07, 6.45) is 1.84. The first-order valence-electron chi connectivity index (χ1n) is 7.81. The monoisotopic (exact) mass is 305 g/mol. The second-order valence-electron chi connectivity index (χ2n) is 5.66. The molecule has 0 aliphatic heterocycles. The van der Waals surface area contributed by atoms with Gasteiger partial charge in [-0.15, -0.1) is 0 Å². The first-order valence-corrected chi connectivity index (χ1v) is 7.81. The largest absolute Gasteiger partial charge is 0.381 e. The van der Waals surface area contributed by atoms with Crippen LogP contribution in [-0.2, 0) is 13.0 Å². The molecule has 2 nitrogen and oxygen atoms in total.